The van der Waals surface area contributed by atoms with Crippen molar-refractivity contribution in [1.29, 1.82) is 0 Å². The SMILES string of the molecule is CCCNC(=O)N(CCOC)CC(=O)N1N=C(c2cccc(OC)c2)C[C@@H]1c1ccccc1OC. The summed E-state index contributed by atoms with van der Waals surface area (Å²) in [5, 5.41) is 9.03. The van der Waals surface area contributed by atoms with E-state index in [1.165, 1.54) is 9.91 Å². The van der Waals surface area contributed by atoms with Crippen LogP contribution >= 0.6 is 0 Å². The largest absolute Gasteiger partial charge is 0.497 e. The molecule has 0 aromatic heterocycles. The van der Waals surface area contributed by atoms with Crippen molar-refractivity contribution in [3.05, 3.63) is 59.7 Å². The fraction of sp³-hybridized carbons (Fsp3) is 0.423. The molecule has 1 aliphatic heterocycles. The Morgan fingerprint density at radius 3 is 2.63 bits per heavy atom. The van der Waals surface area contributed by atoms with Gasteiger partial charge >= 0.3 is 6.03 Å². The molecule has 9 heteroatoms. The molecule has 1 N–H and O–H groups in total. The molecule has 0 unspecified atom stereocenters. The van der Waals surface area contributed by atoms with Crippen molar-refractivity contribution < 1.29 is 23.8 Å². The molecule has 0 spiro atoms. The molecule has 0 radical (unpaired) electrons. The van der Waals surface area contributed by atoms with Crippen LogP contribution in [-0.2, 0) is 9.53 Å². The molecule has 0 fully saturated rings. The third-order valence-corrected chi connectivity index (χ3v) is 5.77. The second kappa shape index (κ2) is 12.8. The number of carbonyl (C=O) groups excluding carboxylic acids is 2. The topological polar surface area (TPSA) is 92.7 Å². The van der Waals surface area contributed by atoms with Crippen LogP contribution in [0.3, 0.4) is 0 Å². The van der Waals surface area contributed by atoms with Crippen LogP contribution in [0, 0.1) is 0 Å². The van der Waals surface area contributed by atoms with Crippen LogP contribution in [0.2, 0.25) is 0 Å². The van der Waals surface area contributed by atoms with Gasteiger partial charge in [0.2, 0.25) is 0 Å². The first-order valence-corrected chi connectivity index (χ1v) is 11.7. The predicted octanol–water partition coefficient (Wildman–Crippen LogP) is 3.45. The number of para-hydroxylation sites is 1. The van der Waals surface area contributed by atoms with Crippen molar-refractivity contribution in [2.24, 2.45) is 5.10 Å². The van der Waals surface area contributed by atoms with Gasteiger partial charge in [-0.3, -0.25) is 4.79 Å². The third-order valence-electron chi connectivity index (χ3n) is 5.77. The zero-order chi connectivity index (χ0) is 25.2. The minimum absolute atomic E-state index is 0.126. The van der Waals surface area contributed by atoms with E-state index in [4.69, 9.17) is 19.3 Å². The van der Waals surface area contributed by atoms with Crippen LogP contribution < -0.4 is 14.8 Å². The average Bonchev–Trinajstić information content (AvgIpc) is 3.35. The lowest BCUT2D eigenvalue weighted by Gasteiger charge is -2.27. The second-order valence-corrected chi connectivity index (χ2v) is 8.13. The number of benzene rings is 2. The summed E-state index contributed by atoms with van der Waals surface area (Å²) in [6.07, 6.45) is 1.30. The monoisotopic (exact) mass is 482 g/mol. The van der Waals surface area contributed by atoms with Crippen molar-refractivity contribution in [2.45, 2.75) is 25.8 Å². The van der Waals surface area contributed by atoms with Crippen molar-refractivity contribution >= 4 is 17.6 Å². The fourth-order valence-corrected chi connectivity index (χ4v) is 3.93. The van der Waals surface area contributed by atoms with Crippen LogP contribution in [0.15, 0.2) is 53.6 Å². The number of nitrogens with zero attached hydrogens (tertiary/aromatic N) is 3. The van der Waals surface area contributed by atoms with E-state index in [0.717, 1.165) is 23.3 Å². The molecule has 0 saturated heterocycles. The first kappa shape index (κ1) is 26.0. The van der Waals surface area contributed by atoms with Gasteiger partial charge in [0.1, 0.15) is 18.0 Å². The smallest absolute Gasteiger partial charge is 0.317 e. The number of hydrogen-bond acceptors (Lipinski definition) is 6. The molecule has 9 nitrogen and oxygen atoms in total. The lowest BCUT2D eigenvalue weighted by Crippen LogP contribution is -2.47. The maximum Gasteiger partial charge on any atom is 0.317 e. The lowest BCUT2D eigenvalue weighted by atomic mass is 9.97. The van der Waals surface area contributed by atoms with Gasteiger partial charge in [-0.25, -0.2) is 9.80 Å². The highest BCUT2D eigenvalue weighted by atomic mass is 16.5. The third kappa shape index (κ3) is 6.51. The molecule has 0 aliphatic carbocycles. The number of methoxy groups -OCH3 is 3. The molecular formula is C26H34N4O5. The Bertz CT molecular complexity index is 1040. The number of urea groups is 1. The molecule has 0 bridgehead atoms. The number of hydrazone groups is 1. The summed E-state index contributed by atoms with van der Waals surface area (Å²) < 4.78 is 16.1. The zero-order valence-corrected chi connectivity index (χ0v) is 20.8. The van der Waals surface area contributed by atoms with Gasteiger partial charge in [0.15, 0.2) is 0 Å². The molecule has 3 amide bonds. The molecule has 1 atom stereocenters. The maximum absolute atomic E-state index is 13.6. The summed E-state index contributed by atoms with van der Waals surface area (Å²) in [6.45, 7) is 2.99. The quantitative estimate of drug-likeness (QED) is 0.530. The molecule has 0 saturated carbocycles. The van der Waals surface area contributed by atoms with Gasteiger partial charge in [-0.15, -0.1) is 0 Å². The van der Waals surface area contributed by atoms with Crippen LogP contribution in [0.25, 0.3) is 0 Å². The summed E-state index contributed by atoms with van der Waals surface area (Å²) in [5.74, 6) is 1.10. The van der Waals surface area contributed by atoms with Crippen molar-refractivity contribution in [1.82, 2.24) is 15.2 Å². The minimum atomic E-state index is -0.372. The Morgan fingerprint density at radius 2 is 1.91 bits per heavy atom. The Hall–Kier alpha value is -3.59. The van der Waals surface area contributed by atoms with Gasteiger partial charge in [-0.2, -0.15) is 5.10 Å². The number of hydrogen-bond donors (Lipinski definition) is 1. The first-order valence-electron chi connectivity index (χ1n) is 11.7. The molecule has 35 heavy (non-hydrogen) atoms. The summed E-state index contributed by atoms with van der Waals surface area (Å²) in [7, 11) is 4.78. The summed E-state index contributed by atoms with van der Waals surface area (Å²) in [6, 6.07) is 14.5. The minimum Gasteiger partial charge on any atom is -0.497 e. The van der Waals surface area contributed by atoms with Gasteiger partial charge in [0.05, 0.1) is 32.6 Å². The van der Waals surface area contributed by atoms with E-state index in [9.17, 15) is 9.59 Å². The molecule has 2 aromatic rings. The van der Waals surface area contributed by atoms with Crippen molar-refractivity contribution in [3.8, 4) is 11.5 Å². The number of nitrogens with one attached hydrogen (secondary N) is 1. The van der Waals surface area contributed by atoms with E-state index >= 15 is 0 Å². The normalized spacial score (nSPS) is 14.9. The van der Waals surface area contributed by atoms with E-state index in [-0.39, 0.29) is 31.1 Å². The highest BCUT2D eigenvalue weighted by Crippen LogP contribution is 2.37. The Balaban J connectivity index is 1.92. The van der Waals surface area contributed by atoms with Gasteiger partial charge < -0.3 is 24.4 Å². The van der Waals surface area contributed by atoms with E-state index in [1.807, 2.05) is 55.5 Å². The lowest BCUT2D eigenvalue weighted by molar-refractivity contribution is -0.133. The fourth-order valence-electron chi connectivity index (χ4n) is 3.93. The highest BCUT2D eigenvalue weighted by molar-refractivity contribution is 6.03. The van der Waals surface area contributed by atoms with E-state index < -0.39 is 0 Å². The standard InChI is InChI=1S/C26H34N4O5/c1-5-13-27-26(32)29(14-15-33-2)18-25(31)30-23(21-11-6-7-12-24(21)35-4)17-22(28-30)19-9-8-10-20(16-19)34-3/h6-12,16,23H,5,13-15,17-18H2,1-4H3,(H,27,32)/t23-/m1/s1. The summed E-state index contributed by atoms with van der Waals surface area (Å²) >= 11 is 0. The zero-order valence-electron chi connectivity index (χ0n) is 20.8. The average molecular weight is 483 g/mol. The van der Waals surface area contributed by atoms with Crippen molar-refractivity contribution in [2.75, 3.05) is 47.6 Å². The van der Waals surface area contributed by atoms with Gasteiger partial charge in [-0.1, -0.05) is 37.3 Å². The van der Waals surface area contributed by atoms with Crippen LogP contribution in [0.1, 0.15) is 36.9 Å². The molecule has 1 heterocycles. The molecular weight excluding hydrogens is 448 g/mol. The first-order chi connectivity index (χ1) is 17.0. The maximum atomic E-state index is 13.6. The van der Waals surface area contributed by atoms with E-state index in [2.05, 4.69) is 5.32 Å². The number of amides is 3. The van der Waals surface area contributed by atoms with Crippen molar-refractivity contribution in [3.63, 3.8) is 0 Å². The summed E-state index contributed by atoms with van der Waals surface area (Å²) in [4.78, 5) is 27.7. The van der Waals surface area contributed by atoms with Crippen LogP contribution in [0.4, 0.5) is 4.79 Å². The van der Waals surface area contributed by atoms with Crippen LogP contribution in [-0.4, -0.2) is 75.1 Å². The summed E-state index contributed by atoms with van der Waals surface area (Å²) in [5.41, 5.74) is 2.48. The Morgan fingerprint density at radius 1 is 1.11 bits per heavy atom. The highest BCUT2D eigenvalue weighted by Gasteiger charge is 2.36. The van der Waals surface area contributed by atoms with E-state index in [1.54, 1.807) is 21.3 Å². The second-order valence-electron chi connectivity index (χ2n) is 8.13. The number of carbonyl (C=O) groups is 2. The van der Waals surface area contributed by atoms with Crippen LogP contribution in [0.5, 0.6) is 11.5 Å². The number of rotatable bonds is 11. The van der Waals surface area contributed by atoms with Gasteiger partial charge in [0, 0.05) is 37.7 Å². The molecule has 2 aromatic carbocycles. The predicted molar refractivity (Wildman–Crippen MR) is 134 cm³/mol. The number of ether oxygens (including phenoxy) is 3. The van der Waals surface area contributed by atoms with E-state index in [0.29, 0.717) is 31.1 Å². The molecule has 3 rings (SSSR count). The Kier molecular flexibility index (Phi) is 9.48. The Labute approximate surface area is 206 Å². The van der Waals surface area contributed by atoms with Gasteiger partial charge in [0.25, 0.3) is 5.91 Å². The molecule has 188 valence electrons. The van der Waals surface area contributed by atoms with Gasteiger partial charge in [-0.05, 0) is 24.6 Å². The molecule has 1 aliphatic rings.